The van der Waals surface area contributed by atoms with E-state index < -0.39 is 60.1 Å². The maximum Gasteiger partial charge on any atom is 0.303 e. The monoisotopic (exact) mass is 544 g/mol. The standard InChI is InChI=1S/C24H36N2O12/c1-13(27)35-19(21(37-15(3)29)23(31)25-11-17-7-5-9-33-17)20(36-14(2)28)22(38-16(4)30)24(32)26-12-18-8-6-10-34-18/h17-22H,5-12H2,1-4H3,(H,25,31)(H,26,32)/t17-,18+,19+,20-,21-,22+. The summed E-state index contributed by atoms with van der Waals surface area (Å²) in [5.74, 6) is -5.54. The normalized spacial score (nSPS) is 21.8. The molecule has 14 nitrogen and oxygen atoms in total. The van der Waals surface area contributed by atoms with Gasteiger partial charge < -0.3 is 39.1 Å². The second kappa shape index (κ2) is 15.2. The van der Waals surface area contributed by atoms with Crippen molar-refractivity contribution in [1.29, 1.82) is 0 Å². The number of carbonyl (C=O) groups excluding carboxylic acids is 6. The number of esters is 4. The number of hydrogen-bond acceptors (Lipinski definition) is 12. The molecule has 0 aromatic heterocycles. The molecule has 0 aromatic rings. The SMILES string of the molecule is CC(=O)O[C@H]([C@H](OC(C)=O)[C@@H](OC(C)=O)C(=O)NC[C@H]1CCCO1)[C@H](OC(C)=O)C(=O)NC[C@@H]1CCCO1. The first kappa shape index (κ1) is 31.0. The lowest BCUT2D eigenvalue weighted by molar-refractivity contribution is -0.200. The van der Waals surface area contributed by atoms with E-state index in [0.717, 1.165) is 40.5 Å². The van der Waals surface area contributed by atoms with E-state index in [9.17, 15) is 28.8 Å². The first-order chi connectivity index (χ1) is 18.0. The van der Waals surface area contributed by atoms with Gasteiger partial charge in [0.2, 0.25) is 12.2 Å². The Morgan fingerprint density at radius 1 is 0.632 bits per heavy atom. The van der Waals surface area contributed by atoms with Crippen LogP contribution in [-0.4, -0.2) is 98.6 Å². The van der Waals surface area contributed by atoms with Crippen molar-refractivity contribution in [2.75, 3.05) is 26.3 Å². The van der Waals surface area contributed by atoms with Crippen molar-refractivity contribution in [2.24, 2.45) is 0 Å². The minimum atomic E-state index is -1.87. The predicted octanol–water partition coefficient (Wildman–Crippen LogP) is -0.696. The molecule has 2 saturated heterocycles. The van der Waals surface area contributed by atoms with Crippen LogP contribution in [0.5, 0.6) is 0 Å². The van der Waals surface area contributed by atoms with E-state index in [0.29, 0.717) is 26.1 Å². The van der Waals surface area contributed by atoms with E-state index in [1.54, 1.807) is 0 Å². The molecular formula is C24H36N2O12. The maximum absolute atomic E-state index is 13.2. The van der Waals surface area contributed by atoms with Crippen molar-refractivity contribution < 1.29 is 57.2 Å². The molecule has 2 rings (SSSR count). The van der Waals surface area contributed by atoms with Crippen LogP contribution in [0.15, 0.2) is 0 Å². The highest BCUT2D eigenvalue weighted by Gasteiger charge is 2.49. The maximum atomic E-state index is 13.2. The van der Waals surface area contributed by atoms with Crippen molar-refractivity contribution in [3.05, 3.63) is 0 Å². The molecule has 2 aliphatic rings. The zero-order valence-corrected chi connectivity index (χ0v) is 22.0. The number of hydrogen-bond donors (Lipinski definition) is 2. The summed E-state index contributed by atoms with van der Waals surface area (Å²) >= 11 is 0. The summed E-state index contributed by atoms with van der Waals surface area (Å²) in [6.07, 6.45) is -4.99. The average Bonchev–Trinajstić information content (AvgIpc) is 3.54. The number of ether oxygens (including phenoxy) is 6. The second-order valence-electron chi connectivity index (χ2n) is 8.97. The third kappa shape index (κ3) is 10.2. The molecule has 6 atom stereocenters. The lowest BCUT2D eigenvalue weighted by atomic mass is 10.00. The number of rotatable bonds is 13. The van der Waals surface area contributed by atoms with Gasteiger partial charge in [-0.1, -0.05) is 0 Å². The minimum absolute atomic E-state index is 0.0663. The summed E-state index contributed by atoms with van der Waals surface area (Å²) in [4.78, 5) is 74.3. The zero-order valence-electron chi connectivity index (χ0n) is 22.0. The summed E-state index contributed by atoms with van der Waals surface area (Å²) < 4.78 is 31.9. The molecular weight excluding hydrogens is 508 g/mol. The van der Waals surface area contributed by atoms with Crippen LogP contribution in [0.25, 0.3) is 0 Å². The molecule has 2 N–H and O–H groups in total. The van der Waals surface area contributed by atoms with Crippen LogP contribution in [0.2, 0.25) is 0 Å². The van der Waals surface area contributed by atoms with Gasteiger partial charge in [0.05, 0.1) is 12.2 Å². The lowest BCUT2D eigenvalue weighted by Gasteiger charge is -2.34. The van der Waals surface area contributed by atoms with Crippen molar-refractivity contribution >= 4 is 35.7 Å². The smallest absolute Gasteiger partial charge is 0.303 e. The summed E-state index contributed by atoms with van der Waals surface area (Å²) in [5.41, 5.74) is 0. The molecule has 0 aliphatic carbocycles. The van der Waals surface area contributed by atoms with Crippen molar-refractivity contribution in [3.63, 3.8) is 0 Å². The number of carbonyl (C=O) groups is 6. The Balaban J connectivity index is 2.39. The van der Waals surface area contributed by atoms with Gasteiger partial charge in [-0.25, -0.2) is 0 Å². The minimum Gasteiger partial charge on any atom is -0.454 e. The van der Waals surface area contributed by atoms with Crippen LogP contribution in [0, 0.1) is 0 Å². The molecule has 0 radical (unpaired) electrons. The Morgan fingerprint density at radius 2 is 0.974 bits per heavy atom. The van der Waals surface area contributed by atoms with Crippen LogP contribution < -0.4 is 10.6 Å². The van der Waals surface area contributed by atoms with E-state index in [1.807, 2.05) is 0 Å². The van der Waals surface area contributed by atoms with Gasteiger partial charge in [0.1, 0.15) is 0 Å². The zero-order chi connectivity index (χ0) is 28.2. The first-order valence-electron chi connectivity index (χ1n) is 12.5. The van der Waals surface area contributed by atoms with E-state index in [2.05, 4.69) is 10.6 Å². The molecule has 0 aromatic carbocycles. The Morgan fingerprint density at radius 3 is 1.24 bits per heavy atom. The molecule has 2 heterocycles. The lowest BCUT2D eigenvalue weighted by Crippen LogP contribution is -2.59. The topological polar surface area (TPSA) is 182 Å². The van der Waals surface area contributed by atoms with E-state index in [-0.39, 0.29) is 25.3 Å². The fourth-order valence-electron chi connectivity index (χ4n) is 4.12. The van der Waals surface area contributed by atoms with Gasteiger partial charge in [-0.15, -0.1) is 0 Å². The number of amides is 2. The summed E-state index contributed by atoms with van der Waals surface area (Å²) in [5, 5.41) is 5.13. The summed E-state index contributed by atoms with van der Waals surface area (Å²) in [6, 6.07) is 0. The van der Waals surface area contributed by atoms with E-state index in [4.69, 9.17) is 28.4 Å². The Hall–Kier alpha value is -3.26. The molecule has 2 amide bonds. The quantitative estimate of drug-likeness (QED) is 0.220. The molecule has 2 aliphatic heterocycles. The van der Waals surface area contributed by atoms with Gasteiger partial charge in [0.15, 0.2) is 12.2 Å². The van der Waals surface area contributed by atoms with E-state index in [1.165, 1.54) is 0 Å². The van der Waals surface area contributed by atoms with Crippen LogP contribution in [0.1, 0.15) is 53.4 Å². The molecule has 214 valence electrons. The van der Waals surface area contributed by atoms with Gasteiger partial charge in [0, 0.05) is 54.0 Å². The van der Waals surface area contributed by atoms with Crippen molar-refractivity contribution in [1.82, 2.24) is 10.6 Å². The fourth-order valence-corrected chi connectivity index (χ4v) is 4.12. The van der Waals surface area contributed by atoms with Crippen LogP contribution in [0.4, 0.5) is 0 Å². The van der Waals surface area contributed by atoms with Crippen LogP contribution in [-0.2, 0) is 57.2 Å². The average molecular weight is 545 g/mol. The van der Waals surface area contributed by atoms with Gasteiger partial charge >= 0.3 is 23.9 Å². The predicted molar refractivity (Wildman–Crippen MR) is 126 cm³/mol. The molecule has 0 spiro atoms. The molecule has 0 unspecified atom stereocenters. The van der Waals surface area contributed by atoms with Crippen molar-refractivity contribution in [3.8, 4) is 0 Å². The Bertz CT molecular complexity index is 796. The first-order valence-corrected chi connectivity index (χ1v) is 12.5. The Labute approximate surface area is 220 Å². The highest BCUT2D eigenvalue weighted by molar-refractivity contribution is 5.87. The molecule has 2 fully saturated rings. The van der Waals surface area contributed by atoms with E-state index >= 15 is 0 Å². The summed E-state index contributed by atoms with van der Waals surface area (Å²) in [6.45, 7) is 5.24. The fraction of sp³-hybridized carbons (Fsp3) is 0.750. The highest BCUT2D eigenvalue weighted by Crippen LogP contribution is 2.21. The third-order valence-corrected chi connectivity index (χ3v) is 5.68. The van der Waals surface area contributed by atoms with Gasteiger partial charge in [-0.05, 0) is 25.7 Å². The molecule has 38 heavy (non-hydrogen) atoms. The van der Waals surface area contributed by atoms with Gasteiger partial charge in [-0.2, -0.15) is 0 Å². The summed E-state index contributed by atoms with van der Waals surface area (Å²) in [7, 11) is 0. The largest absolute Gasteiger partial charge is 0.454 e. The van der Waals surface area contributed by atoms with Crippen LogP contribution in [0.3, 0.4) is 0 Å². The van der Waals surface area contributed by atoms with Gasteiger partial charge in [-0.3, -0.25) is 28.8 Å². The molecule has 0 saturated carbocycles. The van der Waals surface area contributed by atoms with Crippen molar-refractivity contribution in [2.45, 2.75) is 90.0 Å². The van der Waals surface area contributed by atoms with Gasteiger partial charge in [0.25, 0.3) is 11.8 Å². The highest BCUT2D eigenvalue weighted by atomic mass is 16.6. The van der Waals surface area contributed by atoms with Crippen LogP contribution >= 0.6 is 0 Å². The molecule has 0 bridgehead atoms. The molecule has 14 heteroatoms. The number of nitrogens with one attached hydrogen (secondary N) is 2. The Kier molecular flexibility index (Phi) is 12.4. The second-order valence-corrected chi connectivity index (χ2v) is 8.97. The third-order valence-electron chi connectivity index (χ3n) is 5.68.